The lowest BCUT2D eigenvalue weighted by atomic mass is 10.0. The predicted octanol–water partition coefficient (Wildman–Crippen LogP) is 1.43. The molecule has 1 aromatic rings. The van der Waals surface area contributed by atoms with Gasteiger partial charge in [0, 0.05) is 37.6 Å². The van der Waals surface area contributed by atoms with Crippen LogP contribution in [0.3, 0.4) is 0 Å². The van der Waals surface area contributed by atoms with E-state index in [-0.39, 0.29) is 11.9 Å². The molecule has 1 amide bonds. The highest BCUT2D eigenvalue weighted by Crippen LogP contribution is 2.22. The summed E-state index contributed by atoms with van der Waals surface area (Å²) in [6, 6.07) is 10.8. The van der Waals surface area contributed by atoms with E-state index in [0.29, 0.717) is 18.5 Å². The molecule has 2 saturated heterocycles. The predicted molar refractivity (Wildman–Crippen MR) is 79.1 cm³/mol. The van der Waals surface area contributed by atoms with Gasteiger partial charge in [-0.05, 0) is 24.8 Å². The van der Waals surface area contributed by atoms with E-state index in [1.807, 2.05) is 35.2 Å². The number of nitrogens with zero attached hydrogens (tertiary/aromatic N) is 1. The van der Waals surface area contributed by atoms with Crippen molar-refractivity contribution in [3.63, 3.8) is 0 Å². The van der Waals surface area contributed by atoms with Gasteiger partial charge in [0.15, 0.2) is 0 Å². The van der Waals surface area contributed by atoms with Crippen LogP contribution in [0, 0.1) is 0 Å². The number of carbonyl (C=O) groups is 1. The first-order valence-electron chi connectivity index (χ1n) is 7.57. The van der Waals surface area contributed by atoms with E-state index in [1.54, 1.807) is 0 Å². The highest BCUT2D eigenvalue weighted by Gasteiger charge is 2.31. The summed E-state index contributed by atoms with van der Waals surface area (Å²) < 4.78 is 0. The maximum atomic E-state index is 12.4. The Kier molecular flexibility index (Phi) is 4.03. The van der Waals surface area contributed by atoms with Crippen LogP contribution in [-0.4, -0.2) is 36.0 Å². The molecule has 0 spiro atoms. The van der Waals surface area contributed by atoms with Crippen molar-refractivity contribution in [2.45, 2.75) is 43.8 Å². The molecule has 2 aliphatic heterocycles. The molecule has 108 valence electrons. The molecule has 0 saturated carbocycles. The summed E-state index contributed by atoms with van der Waals surface area (Å²) in [6.07, 6.45) is 3.93. The van der Waals surface area contributed by atoms with Gasteiger partial charge in [-0.1, -0.05) is 30.3 Å². The fourth-order valence-electron chi connectivity index (χ4n) is 3.30. The molecule has 4 nitrogen and oxygen atoms in total. The van der Waals surface area contributed by atoms with Crippen molar-refractivity contribution in [3.8, 4) is 0 Å². The highest BCUT2D eigenvalue weighted by molar-refractivity contribution is 5.77. The van der Waals surface area contributed by atoms with Crippen molar-refractivity contribution in [2.75, 3.05) is 13.1 Å². The van der Waals surface area contributed by atoms with E-state index in [4.69, 9.17) is 5.73 Å². The van der Waals surface area contributed by atoms with Gasteiger partial charge < -0.3 is 16.0 Å². The van der Waals surface area contributed by atoms with Crippen LogP contribution in [0.25, 0.3) is 0 Å². The Labute approximate surface area is 120 Å². The van der Waals surface area contributed by atoms with Crippen molar-refractivity contribution in [2.24, 2.45) is 5.73 Å². The summed E-state index contributed by atoms with van der Waals surface area (Å²) >= 11 is 0. The standard InChI is InChI=1S/C16H23N3O/c17-15(12-4-2-1-3-5-12)10-16(20)19-9-8-13-6-7-14(11-19)18-13/h1-5,13-15,18H,6-11,17H2. The molecule has 0 aliphatic carbocycles. The number of hydrogen-bond acceptors (Lipinski definition) is 3. The van der Waals surface area contributed by atoms with Crippen molar-refractivity contribution < 1.29 is 4.79 Å². The molecule has 0 aromatic heterocycles. The first-order chi connectivity index (χ1) is 9.72. The molecule has 20 heavy (non-hydrogen) atoms. The molecule has 3 atom stereocenters. The number of nitrogens with one attached hydrogen (secondary N) is 1. The van der Waals surface area contributed by atoms with E-state index >= 15 is 0 Å². The lowest BCUT2D eigenvalue weighted by molar-refractivity contribution is -0.131. The van der Waals surface area contributed by atoms with Crippen molar-refractivity contribution in [1.29, 1.82) is 0 Å². The van der Waals surface area contributed by atoms with Crippen LogP contribution < -0.4 is 11.1 Å². The highest BCUT2D eigenvalue weighted by atomic mass is 16.2. The Hall–Kier alpha value is -1.39. The molecule has 2 heterocycles. The van der Waals surface area contributed by atoms with Gasteiger partial charge in [0.25, 0.3) is 0 Å². The largest absolute Gasteiger partial charge is 0.341 e. The van der Waals surface area contributed by atoms with E-state index in [2.05, 4.69) is 5.32 Å². The van der Waals surface area contributed by atoms with Crippen molar-refractivity contribution in [3.05, 3.63) is 35.9 Å². The molecule has 2 aliphatic rings. The summed E-state index contributed by atoms with van der Waals surface area (Å²) in [5.41, 5.74) is 7.19. The molecular weight excluding hydrogens is 250 g/mol. The van der Waals surface area contributed by atoms with Gasteiger partial charge >= 0.3 is 0 Å². The third-order valence-corrected chi connectivity index (χ3v) is 4.50. The maximum Gasteiger partial charge on any atom is 0.224 e. The Morgan fingerprint density at radius 3 is 2.80 bits per heavy atom. The van der Waals surface area contributed by atoms with Crippen LogP contribution in [0.5, 0.6) is 0 Å². The summed E-state index contributed by atoms with van der Waals surface area (Å²) in [5, 5.41) is 3.60. The Morgan fingerprint density at radius 2 is 2.00 bits per heavy atom. The Morgan fingerprint density at radius 1 is 1.25 bits per heavy atom. The van der Waals surface area contributed by atoms with E-state index in [0.717, 1.165) is 25.1 Å². The van der Waals surface area contributed by atoms with Crippen molar-refractivity contribution in [1.82, 2.24) is 10.2 Å². The zero-order chi connectivity index (χ0) is 13.9. The minimum Gasteiger partial charge on any atom is -0.341 e. The topological polar surface area (TPSA) is 58.4 Å². The summed E-state index contributed by atoms with van der Waals surface area (Å²) in [7, 11) is 0. The third kappa shape index (κ3) is 3.02. The molecule has 4 heteroatoms. The quantitative estimate of drug-likeness (QED) is 0.876. The number of likely N-dealkylation sites (tertiary alicyclic amines) is 1. The summed E-state index contributed by atoms with van der Waals surface area (Å²) in [5.74, 6) is 0.190. The second-order valence-electron chi connectivity index (χ2n) is 5.99. The normalized spacial score (nSPS) is 27.1. The number of benzene rings is 1. The first-order valence-corrected chi connectivity index (χ1v) is 7.57. The molecule has 3 N–H and O–H groups in total. The van der Waals surface area contributed by atoms with Crippen molar-refractivity contribution >= 4 is 5.91 Å². The number of amides is 1. The molecule has 3 unspecified atom stereocenters. The van der Waals surface area contributed by atoms with Gasteiger partial charge in [0.1, 0.15) is 0 Å². The first kappa shape index (κ1) is 13.6. The van der Waals surface area contributed by atoms with Crippen LogP contribution in [0.1, 0.15) is 37.3 Å². The number of hydrogen-bond donors (Lipinski definition) is 2. The maximum absolute atomic E-state index is 12.4. The lowest BCUT2D eigenvalue weighted by Crippen LogP contribution is -2.40. The second-order valence-corrected chi connectivity index (χ2v) is 5.99. The van der Waals surface area contributed by atoms with Gasteiger partial charge in [-0.25, -0.2) is 0 Å². The minimum atomic E-state index is -0.197. The van der Waals surface area contributed by atoms with Crippen LogP contribution >= 0.6 is 0 Å². The molecule has 3 rings (SSSR count). The van der Waals surface area contributed by atoms with Crippen LogP contribution in [0.4, 0.5) is 0 Å². The fourth-order valence-corrected chi connectivity index (χ4v) is 3.30. The number of carbonyl (C=O) groups excluding carboxylic acids is 1. The van der Waals surface area contributed by atoms with E-state index in [9.17, 15) is 4.79 Å². The summed E-state index contributed by atoms with van der Waals surface area (Å²) in [4.78, 5) is 14.4. The molecule has 1 aromatic carbocycles. The molecule has 0 radical (unpaired) electrons. The average molecular weight is 273 g/mol. The Bertz CT molecular complexity index is 462. The van der Waals surface area contributed by atoms with Crippen LogP contribution in [0.15, 0.2) is 30.3 Å². The number of fused-ring (bicyclic) bond motifs is 2. The minimum absolute atomic E-state index is 0.190. The van der Waals surface area contributed by atoms with Gasteiger partial charge in [0.2, 0.25) is 5.91 Å². The third-order valence-electron chi connectivity index (χ3n) is 4.50. The fraction of sp³-hybridized carbons (Fsp3) is 0.562. The van der Waals surface area contributed by atoms with Gasteiger partial charge in [-0.2, -0.15) is 0 Å². The monoisotopic (exact) mass is 273 g/mol. The van der Waals surface area contributed by atoms with Gasteiger partial charge in [-0.15, -0.1) is 0 Å². The zero-order valence-electron chi connectivity index (χ0n) is 11.8. The molecule has 2 bridgehead atoms. The smallest absolute Gasteiger partial charge is 0.224 e. The zero-order valence-corrected chi connectivity index (χ0v) is 11.8. The van der Waals surface area contributed by atoms with Gasteiger partial charge in [-0.3, -0.25) is 4.79 Å². The summed E-state index contributed by atoms with van der Waals surface area (Å²) in [6.45, 7) is 1.71. The SMILES string of the molecule is NC(CC(=O)N1CCC2CCC(C1)N2)c1ccccc1. The van der Waals surface area contributed by atoms with E-state index < -0.39 is 0 Å². The molecule has 2 fully saturated rings. The number of rotatable bonds is 3. The lowest BCUT2D eigenvalue weighted by Gasteiger charge is -2.25. The van der Waals surface area contributed by atoms with Gasteiger partial charge in [0.05, 0.1) is 0 Å². The Balaban J connectivity index is 1.59. The van der Waals surface area contributed by atoms with Crippen LogP contribution in [-0.2, 0) is 4.79 Å². The second kappa shape index (κ2) is 5.94. The molecular formula is C16H23N3O. The van der Waals surface area contributed by atoms with Crippen LogP contribution in [0.2, 0.25) is 0 Å². The average Bonchev–Trinajstić information content (AvgIpc) is 2.79. The number of nitrogens with two attached hydrogens (primary N) is 1. The van der Waals surface area contributed by atoms with E-state index in [1.165, 1.54) is 12.8 Å².